The van der Waals surface area contributed by atoms with Gasteiger partial charge in [-0.3, -0.25) is 19.0 Å². The van der Waals surface area contributed by atoms with E-state index >= 15 is 0 Å². The van der Waals surface area contributed by atoms with Crippen LogP contribution in [0.5, 0.6) is 5.75 Å². The summed E-state index contributed by atoms with van der Waals surface area (Å²) in [7, 11) is 3.38. The zero-order chi connectivity index (χ0) is 29.2. The van der Waals surface area contributed by atoms with Crippen LogP contribution in [0.1, 0.15) is 80.4 Å². The molecule has 1 unspecified atom stereocenters. The van der Waals surface area contributed by atoms with Gasteiger partial charge in [0.05, 0.1) is 19.0 Å². The van der Waals surface area contributed by atoms with Gasteiger partial charge >= 0.3 is 0 Å². The highest BCUT2D eigenvalue weighted by molar-refractivity contribution is 6.30. The van der Waals surface area contributed by atoms with Gasteiger partial charge in [0.2, 0.25) is 11.8 Å². The number of amides is 2. The Hall–Kier alpha value is -3.32. The molecule has 0 aliphatic carbocycles. The number of halogens is 1. The Bertz CT molecular complexity index is 1320. The fraction of sp³-hybridized carbons (Fsp3) is 0.469. The topological polar surface area (TPSA) is 80.6 Å². The standard InChI is InChI=1S/C32H42ClN3O4/c1-6-8-10-11-12-28(32(39)35(4)19-9-7-2)34-30(37)21-26-22(3)36(29-18-17-25(40-5)20-27(26)29)31(38)23-13-15-24(33)16-14-23/h13-18,20,28H,6-12,19,21H2,1-5H3,(H,34,37). The number of hydrogen-bond acceptors (Lipinski definition) is 4. The summed E-state index contributed by atoms with van der Waals surface area (Å²) in [5, 5.41) is 4.34. The van der Waals surface area contributed by atoms with E-state index in [1.807, 2.05) is 19.1 Å². The van der Waals surface area contributed by atoms with Crippen molar-refractivity contribution in [2.45, 2.75) is 78.2 Å². The Kier molecular flexibility index (Phi) is 11.6. The van der Waals surface area contributed by atoms with Crippen molar-refractivity contribution in [2.75, 3.05) is 20.7 Å². The smallest absolute Gasteiger partial charge is 0.262 e. The number of unbranched alkanes of at least 4 members (excludes halogenated alkanes) is 4. The van der Waals surface area contributed by atoms with Crippen LogP contribution in [0.15, 0.2) is 42.5 Å². The van der Waals surface area contributed by atoms with E-state index in [1.165, 1.54) is 0 Å². The number of rotatable bonds is 14. The van der Waals surface area contributed by atoms with Gasteiger partial charge in [-0.25, -0.2) is 0 Å². The minimum atomic E-state index is -0.579. The van der Waals surface area contributed by atoms with Crippen molar-refractivity contribution in [2.24, 2.45) is 0 Å². The lowest BCUT2D eigenvalue weighted by molar-refractivity contribution is -0.135. The number of carbonyl (C=O) groups is 3. The Balaban J connectivity index is 1.92. The SMILES string of the molecule is CCCCCCC(NC(=O)Cc1c(C)n(C(=O)c2ccc(Cl)cc2)c2ccc(OC)cc12)C(=O)N(C)CCCC. The van der Waals surface area contributed by atoms with Crippen LogP contribution in [-0.2, 0) is 16.0 Å². The molecule has 0 aliphatic rings. The number of nitrogens with one attached hydrogen (secondary N) is 1. The van der Waals surface area contributed by atoms with Crippen molar-refractivity contribution >= 4 is 40.2 Å². The van der Waals surface area contributed by atoms with Crippen LogP contribution in [0.25, 0.3) is 10.9 Å². The molecule has 40 heavy (non-hydrogen) atoms. The average Bonchev–Trinajstić information content (AvgIpc) is 3.22. The number of nitrogens with zero attached hydrogens (tertiary/aromatic N) is 2. The molecule has 0 radical (unpaired) electrons. The fourth-order valence-corrected chi connectivity index (χ4v) is 5.13. The quantitative estimate of drug-likeness (QED) is 0.224. The monoisotopic (exact) mass is 567 g/mol. The average molecular weight is 568 g/mol. The van der Waals surface area contributed by atoms with Crippen LogP contribution in [0.3, 0.4) is 0 Å². The van der Waals surface area contributed by atoms with E-state index in [9.17, 15) is 14.4 Å². The third-order valence-electron chi connectivity index (χ3n) is 7.38. The number of ether oxygens (including phenoxy) is 1. The molecule has 1 heterocycles. The molecule has 8 heteroatoms. The van der Waals surface area contributed by atoms with Crippen LogP contribution in [0.4, 0.5) is 0 Å². The van der Waals surface area contributed by atoms with Gasteiger partial charge in [-0.1, -0.05) is 57.6 Å². The van der Waals surface area contributed by atoms with Crippen LogP contribution < -0.4 is 10.1 Å². The van der Waals surface area contributed by atoms with Crippen molar-refractivity contribution in [1.82, 2.24) is 14.8 Å². The van der Waals surface area contributed by atoms with E-state index in [-0.39, 0.29) is 24.1 Å². The molecule has 1 atom stereocenters. The second kappa shape index (κ2) is 14.9. The van der Waals surface area contributed by atoms with E-state index in [0.717, 1.165) is 49.5 Å². The molecule has 1 aromatic heterocycles. The van der Waals surface area contributed by atoms with E-state index in [0.29, 0.717) is 40.5 Å². The second-order valence-corrected chi connectivity index (χ2v) is 10.8. The molecular formula is C32H42ClN3O4. The number of fused-ring (bicyclic) bond motifs is 1. The van der Waals surface area contributed by atoms with Crippen molar-refractivity contribution < 1.29 is 19.1 Å². The predicted molar refractivity (Wildman–Crippen MR) is 161 cm³/mol. The second-order valence-electron chi connectivity index (χ2n) is 10.4. The van der Waals surface area contributed by atoms with Crippen molar-refractivity contribution in [1.29, 1.82) is 0 Å². The third-order valence-corrected chi connectivity index (χ3v) is 7.63. The normalized spacial score (nSPS) is 11.8. The van der Waals surface area contributed by atoms with Gasteiger partial charge in [0, 0.05) is 35.3 Å². The highest BCUT2D eigenvalue weighted by Crippen LogP contribution is 2.31. The summed E-state index contributed by atoms with van der Waals surface area (Å²) in [5.74, 6) is 0.114. The van der Waals surface area contributed by atoms with Crippen LogP contribution in [0, 0.1) is 6.92 Å². The lowest BCUT2D eigenvalue weighted by Crippen LogP contribution is -2.48. The molecular weight excluding hydrogens is 526 g/mol. The van der Waals surface area contributed by atoms with Crippen molar-refractivity contribution in [3.05, 3.63) is 64.3 Å². The largest absolute Gasteiger partial charge is 0.497 e. The number of methoxy groups -OCH3 is 1. The molecule has 216 valence electrons. The first-order chi connectivity index (χ1) is 19.2. The zero-order valence-corrected chi connectivity index (χ0v) is 25.1. The molecule has 0 saturated heterocycles. The molecule has 0 bridgehead atoms. The number of aromatic nitrogens is 1. The molecule has 2 amide bonds. The van der Waals surface area contributed by atoms with E-state index < -0.39 is 6.04 Å². The van der Waals surface area contributed by atoms with Crippen molar-refractivity contribution in [3.8, 4) is 5.75 Å². The molecule has 0 aliphatic heterocycles. The van der Waals surface area contributed by atoms with Gasteiger partial charge in [-0.05, 0) is 67.8 Å². The maximum Gasteiger partial charge on any atom is 0.262 e. The first-order valence-corrected chi connectivity index (χ1v) is 14.6. The number of benzene rings is 2. The van der Waals surface area contributed by atoms with E-state index in [4.69, 9.17) is 16.3 Å². The molecule has 2 aromatic carbocycles. The summed E-state index contributed by atoms with van der Waals surface area (Å²) in [6, 6.07) is 11.6. The minimum absolute atomic E-state index is 0.0355. The van der Waals surface area contributed by atoms with Gasteiger partial charge in [0.1, 0.15) is 11.8 Å². The summed E-state index contributed by atoms with van der Waals surface area (Å²) in [6.45, 7) is 6.74. The zero-order valence-electron chi connectivity index (χ0n) is 24.4. The Labute approximate surface area is 242 Å². The summed E-state index contributed by atoms with van der Waals surface area (Å²) in [4.78, 5) is 42.0. The van der Waals surface area contributed by atoms with E-state index in [1.54, 1.807) is 54.0 Å². The Morgan fingerprint density at radius 2 is 1.70 bits per heavy atom. The maximum atomic E-state index is 13.6. The lowest BCUT2D eigenvalue weighted by atomic mass is 10.0. The molecule has 3 rings (SSSR count). The number of likely N-dealkylation sites (N-methyl/N-ethyl adjacent to an activating group) is 1. The van der Waals surface area contributed by atoms with Crippen LogP contribution in [-0.4, -0.2) is 53.9 Å². The van der Waals surface area contributed by atoms with Crippen LogP contribution in [0.2, 0.25) is 5.02 Å². The van der Waals surface area contributed by atoms with Gasteiger partial charge < -0.3 is 15.0 Å². The lowest BCUT2D eigenvalue weighted by Gasteiger charge is -2.25. The molecule has 3 aromatic rings. The molecule has 1 N–H and O–H groups in total. The highest BCUT2D eigenvalue weighted by Gasteiger charge is 2.26. The summed E-state index contributed by atoms with van der Waals surface area (Å²) < 4.78 is 7.08. The number of hydrogen-bond donors (Lipinski definition) is 1. The summed E-state index contributed by atoms with van der Waals surface area (Å²) in [5.41, 5.74) is 2.58. The Morgan fingerprint density at radius 3 is 2.35 bits per heavy atom. The van der Waals surface area contributed by atoms with E-state index in [2.05, 4.69) is 19.2 Å². The van der Waals surface area contributed by atoms with Gasteiger partial charge in [-0.15, -0.1) is 0 Å². The molecule has 0 spiro atoms. The minimum Gasteiger partial charge on any atom is -0.497 e. The molecule has 0 saturated carbocycles. The van der Waals surface area contributed by atoms with Crippen LogP contribution >= 0.6 is 11.6 Å². The predicted octanol–water partition coefficient (Wildman–Crippen LogP) is 6.56. The van der Waals surface area contributed by atoms with Gasteiger partial charge in [-0.2, -0.15) is 0 Å². The maximum absolute atomic E-state index is 13.6. The number of carbonyl (C=O) groups excluding carboxylic acids is 3. The van der Waals surface area contributed by atoms with Crippen molar-refractivity contribution in [3.63, 3.8) is 0 Å². The Morgan fingerprint density at radius 1 is 1.00 bits per heavy atom. The summed E-state index contributed by atoms with van der Waals surface area (Å²) >= 11 is 6.04. The van der Waals surface area contributed by atoms with Gasteiger partial charge in [0.15, 0.2) is 0 Å². The molecule has 0 fully saturated rings. The highest BCUT2D eigenvalue weighted by atomic mass is 35.5. The van der Waals surface area contributed by atoms with Gasteiger partial charge in [0.25, 0.3) is 5.91 Å². The fourth-order valence-electron chi connectivity index (χ4n) is 5.01. The summed E-state index contributed by atoms with van der Waals surface area (Å²) in [6.07, 6.45) is 6.64. The molecule has 7 nitrogen and oxygen atoms in total. The first kappa shape index (κ1) is 31.2. The third kappa shape index (κ3) is 7.66. The first-order valence-electron chi connectivity index (χ1n) is 14.2.